The molecule has 0 aliphatic carbocycles. The first-order chi connectivity index (χ1) is 6.87. The molecule has 1 N–H and O–H groups in total. The lowest BCUT2D eigenvalue weighted by molar-refractivity contribution is -0.135. The van der Waals surface area contributed by atoms with Crippen LogP contribution in [-0.2, 0) is 0 Å². The molecule has 0 bridgehead atoms. The van der Waals surface area contributed by atoms with Crippen molar-refractivity contribution in [2.75, 3.05) is 6.54 Å². The summed E-state index contributed by atoms with van der Waals surface area (Å²) in [6, 6.07) is 0.390. The van der Waals surface area contributed by atoms with Gasteiger partial charge in [-0.1, -0.05) is 20.3 Å². The normalized spacial score (nSPS) is 16.4. The van der Waals surface area contributed by atoms with Crippen LogP contribution < -0.4 is 5.32 Å². The van der Waals surface area contributed by atoms with Crippen LogP contribution in [0.3, 0.4) is 0 Å². The fraction of sp³-hybridized carbons (Fsp3) is 1.00. The summed E-state index contributed by atoms with van der Waals surface area (Å²) in [5.41, 5.74) is 0. The second kappa shape index (κ2) is 7.09. The lowest BCUT2D eigenvalue weighted by Gasteiger charge is -2.19. The van der Waals surface area contributed by atoms with Gasteiger partial charge in [-0.15, -0.1) is 0 Å². The molecule has 2 unspecified atom stereocenters. The molecule has 0 amide bonds. The minimum atomic E-state index is -4.00. The molecule has 0 heterocycles. The molecule has 0 spiro atoms. The Morgan fingerprint density at radius 1 is 1.13 bits per heavy atom. The van der Waals surface area contributed by atoms with Crippen molar-refractivity contribution in [3.8, 4) is 0 Å². The van der Waals surface area contributed by atoms with Crippen molar-refractivity contribution in [3.63, 3.8) is 0 Å². The van der Waals surface area contributed by atoms with Gasteiger partial charge in [0.1, 0.15) is 0 Å². The van der Waals surface area contributed by atoms with E-state index in [4.69, 9.17) is 0 Å². The highest BCUT2D eigenvalue weighted by Gasteiger charge is 2.25. The van der Waals surface area contributed by atoms with Crippen LogP contribution >= 0.6 is 0 Å². The third-order valence-corrected chi connectivity index (χ3v) is 2.85. The van der Waals surface area contributed by atoms with Gasteiger partial charge in [0.25, 0.3) is 0 Å². The maximum absolute atomic E-state index is 11.8. The van der Waals surface area contributed by atoms with Gasteiger partial charge in [0, 0.05) is 12.5 Å². The van der Waals surface area contributed by atoms with E-state index in [0.29, 0.717) is 24.9 Å². The topological polar surface area (TPSA) is 12.0 Å². The lowest BCUT2D eigenvalue weighted by Crippen LogP contribution is -2.32. The van der Waals surface area contributed by atoms with E-state index in [1.165, 1.54) is 0 Å². The third kappa shape index (κ3) is 8.73. The molecular formula is C11H22F3N. The van der Waals surface area contributed by atoms with E-state index in [0.717, 1.165) is 6.42 Å². The van der Waals surface area contributed by atoms with E-state index in [1.54, 1.807) is 0 Å². The molecule has 2 atom stereocenters. The maximum Gasteiger partial charge on any atom is 0.389 e. The summed E-state index contributed by atoms with van der Waals surface area (Å²) in [5.74, 6) is 0.576. The summed E-state index contributed by atoms with van der Waals surface area (Å²) in [5, 5.41) is 3.25. The first kappa shape index (κ1) is 14.8. The predicted octanol–water partition coefficient (Wildman–Crippen LogP) is 3.74. The molecule has 0 aromatic carbocycles. The van der Waals surface area contributed by atoms with Crippen molar-refractivity contribution in [2.45, 2.75) is 58.7 Å². The number of halogens is 3. The van der Waals surface area contributed by atoms with Crippen molar-refractivity contribution in [3.05, 3.63) is 0 Å². The Kier molecular flexibility index (Phi) is 6.98. The minimum absolute atomic E-state index is 0.226. The molecule has 0 rings (SSSR count). The van der Waals surface area contributed by atoms with Gasteiger partial charge in [0.05, 0.1) is 0 Å². The molecule has 0 aromatic heterocycles. The van der Waals surface area contributed by atoms with E-state index in [-0.39, 0.29) is 6.42 Å². The third-order valence-electron chi connectivity index (χ3n) is 2.85. The zero-order valence-corrected chi connectivity index (χ0v) is 9.82. The number of nitrogens with one attached hydrogen (secondary N) is 1. The smallest absolute Gasteiger partial charge is 0.314 e. The summed E-state index contributed by atoms with van der Waals surface area (Å²) in [6.45, 7) is 7.03. The molecule has 0 aliphatic heterocycles. The van der Waals surface area contributed by atoms with Crippen molar-refractivity contribution in [2.24, 2.45) is 5.92 Å². The number of unbranched alkanes of at least 4 members (excludes halogenated alkanes) is 1. The van der Waals surface area contributed by atoms with E-state index >= 15 is 0 Å². The van der Waals surface area contributed by atoms with Gasteiger partial charge < -0.3 is 5.32 Å². The van der Waals surface area contributed by atoms with Crippen LogP contribution in [0, 0.1) is 5.92 Å². The van der Waals surface area contributed by atoms with E-state index < -0.39 is 12.6 Å². The summed E-state index contributed by atoms with van der Waals surface area (Å²) < 4.78 is 35.4. The SMILES string of the molecule is CCC(C)C(C)NCCCCC(F)(F)F. The molecule has 0 aromatic rings. The number of alkyl halides is 3. The maximum atomic E-state index is 11.8. The highest BCUT2D eigenvalue weighted by molar-refractivity contribution is 4.66. The lowest BCUT2D eigenvalue weighted by atomic mass is 10.0. The molecule has 0 radical (unpaired) electrons. The minimum Gasteiger partial charge on any atom is -0.314 e. The average Bonchev–Trinajstić information content (AvgIpc) is 2.14. The molecule has 0 fully saturated rings. The van der Waals surface area contributed by atoms with E-state index in [9.17, 15) is 13.2 Å². The van der Waals surface area contributed by atoms with Gasteiger partial charge in [0.2, 0.25) is 0 Å². The second-order valence-electron chi connectivity index (χ2n) is 4.20. The molecule has 1 nitrogen and oxygen atoms in total. The quantitative estimate of drug-likeness (QED) is 0.651. The molecular weight excluding hydrogens is 203 g/mol. The van der Waals surface area contributed by atoms with Crippen LogP contribution in [0.15, 0.2) is 0 Å². The molecule has 92 valence electrons. The van der Waals surface area contributed by atoms with Gasteiger partial charge in [0.15, 0.2) is 0 Å². The Morgan fingerprint density at radius 3 is 2.20 bits per heavy atom. The standard InChI is InChI=1S/C11H22F3N/c1-4-9(2)10(3)15-8-6-5-7-11(12,13)14/h9-10,15H,4-8H2,1-3H3. The summed E-state index contributed by atoms with van der Waals surface area (Å²) >= 11 is 0. The van der Waals surface area contributed by atoms with E-state index in [1.807, 2.05) is 0 Å². The number of rotatable bonds is 7. The summed E-state index contributed by atoms with van der Waals surface area (Å²) in [7, 11) is 0. The highest BCUT2D eigenvalue weighted by atomic mass is 19.4. The fourth-order valence-electron chi connectivity index (χ4n) is 1.33. The highest BCUT2D eigenvalue weighted by Crippen LogP contribution is 2.21. The van der Waals surface area contributed by atoms with Crippen molar-refractivity contribution < 1.29 is 13.2 Å². The first-order valence-corrected chi connectivity index (χ1v) is 5.67. The Bertz CT molecular complexity index is 156. The Labute approximate surface area is 90.4 Å². The summed E-state index contributed by atoms with van der Waals surface area (Å²) in [6.07, 6.45) is -2.74. The molecule has 0 saturated heterocycles. The van der Waals surface area contributed by atoms with Crippen LogP contribution in [0.25, 0.3) is 0 Å². The van der Waals surface area contributed by atoms with Crippen molar-refractivity contribution >= 4 is 0 Å². The number of hydrogen-bond acceptors (Lipinski definition) is 1. The van der Waals surface area contributed by atoms with Gasteiger partial charge >= 0.3 is 6.18 Å². The fourth-order valence-corrected chi connectivity index (χ4v) is 1.33. The van der Waals surface area contributed by atoms with Crippen LogP contribution in [0.5, 0.6) is 0 Å². The van der Waals surface area contributed by atoms with Crippen LogP contribution in [-0.4, -0.2) is 18.8 Å². The zero-order valence-electron chi connectivity index (χ0n) is 9.82. The van der Waals surface area contributed by atoms with Crippen molar-refractivity contribution in [1.82, 2.24) is 5.32 Å². The van der Waals surface area contributed by atoms with Crippen LogP contribution in [0.1, 0.15) is 46.5 Å². The van der Waals surface area contributed by atoms with Crippen LogP contribution in [0.2, 0.25) is 0 Å². The Morgan fingerprint density at radius 2 is 1.73 bits per heavy atom. The molecule has 4 heteroatoms. The van der Waals surface area contributed by atoms with Gasteiger partial charge in [-0.25, -0.2) is 0 Å². The Hall–Kier alpha value is -0.250. The molecule has 0 saturated carbocycles. The largest absolute Gasteiger partial charge is 0.389 e. The van der Waals surface area contributed by atoms with Gasteiger partial charge in [-0.05, 0) is 32.2 Å². The molecule has 0 aliphatic rings. The Balaban J connectivity index is 3.39. The average molecular weight is 225 g/mol. The van der Waals surface area contributed by atoms with Crippen LogP contribution in [0.4, 0.5) is 13.2 Å². The molecule has 15 heavy (non-hydrogen) atoms. The van der Waals surface area contributed by atoms with Gasteiger partial charge in [-0.3, -0.25) is 0 Å². The van der Waals surface area contributed by atoms with E-state index in [2.05, 4.69) is 26.1 Å². The summed E-state index contributed by atoms with van der Waals surface area (Å²) in [4.78, 5) is 0. The monoisotopic (exact) mass is 225 g/mol. The van der Waals surface area contributed by atoms with Crippen molar-refractivity contribution in [1.29, 1.82) is 0 Å². The second-order valence-corrected chi connectivity index (χ2v) is 4.20. The van der Waals surface area contributed by atoms with Gasteiger partial charge in [-0.2, -0.15) is 13.2 Å². The predicted molar refractivity (Wildman–Crippen MR) is 56.8 cm³/mol. The first-order valence-electron chi connectivity index (χ1n) is 5.67. The number of hydrogen-bond donors (Lipinski definition) is 1. The zero-order chi connectivity index (χ0) is 11.9.